The Balaban J connectivity index is 2.10. The molecule has 1 aromatic heterocycles. The number of aromatic nitrogens is 1. The van der Waals surface area contributed by atoms with Crippen molar-refractivity contribution in [2.24, 2.45) is 5.73 Å². The van der Waals surface area contributed by atoms with Gasteiger partial charge < -0.3 is 5.73 Å². The standard InChI is InChI=1S/C13H15FN2S/c1-9(15)2-7-12-8-17-13(16-12)10-3-5-11(14)6-4-10/h3-6,8-9H,2,7,15H2,1H3. The Bertz CT molecular complexity index is 476. The van der Waals surface area contributed by atoms with E-state index < -0.39 is 0 Å². The molecule has 0 radical (unpaired) electrons. The average Bonchev–Trinajstić information content (AvgIpc) is 2.76. The third kappa shape index (κ3) is 3.35. The predicted octanol–water partition coefficient (Wildman–Crippen LogP) is 3.23. The van der Waals surface area contributed by atoms with Gasteiger partial charge in [0.05, 0.1) is 5.69 Å². The molecule has 1 atom stereocenters. The van der Waals surface area contributed by atoms with Gasteiger partial charge in [0.1, 0.15) is 10.8 Å². The van der Waals surface area contributed by atoms with E-state index in [0.717, 1.165) is 29.1 Å². The number of nitrogens with zero attached hydrogens (tertiary/aromatic N) is 1. The summed E-state index contributed by atoms with van der Waals surface area (Å²) in [4.78, 5) is 4.52. The van der Waals surface area contributed by atoms with Crippen LogP contribution in [-0.2, 0) is 6.42 Å². The van der Waals surface area contributed by atoms with Crippen LogP contribution in [0.15, 0.2) is 29.6 Å². The molecule has 90 valence electrons. The Hall–Kier alpha value is -1.26. The SMILES string of the molecule is CC(N)CCc1csc(-c2ccc(F)cc2)n1. The Morgan fingerprint density at radius 3 is 2.71 bits per heavy atom. The highest BCUT2D eigenvalue weighted by atomic mass is 32.1. The fourth-order valence-electron chi connectivity index (χ4n) is 1.52. The molecule has 0 aliphatic rings. The number of thiazole rings is 1. The minimum absolute atomic E-state index is 0.200. The fraction of sp³-hybridized carbons (Fsp3) is 0.308. The van der Waals surface area contributed by atoms with Gasteiger partial charge in [-0.25, -0.2) is 9.37 Å². The third-order valence-electron chi connectivity index (χ3n) is 2.50. The van der Waals surface area contributed by atoms with E-state index in [4.69, 9.17) is 5.73 Å². The molecule has 4 heteroatoms. The zero-order chi connectivity index (χ0) is 12.3. The molecule has 0 fully saturated rings. The third-order valence-corrected chi connectivity index (χ3v) is 3.44. The van der Waals surface area contributed by atoms with Gasteiger partial charge in [-0.05, 0) is 44.0 Å². The van der Waals surface area contributed by atoms with Gasteiger partial charge in [-0.1, -0.05) is 0 Å². The minimum atomic E-state index is -0.220. The second kappa shape index (κ2) is 5.38. The van der Waals surface area contributed by atoms with E-state index in [0.29, 0.717) is 0 Å². The zero-order valence-electron chi connectivity index (χ0n) is 9.69. The van der Waals surface area contributed by atoms with Crippen LogP contribution in [0, 0.1) is 5.82 Å². The van der Waals surface area contributed by atoms with E-state index in [1.54, 1.807) is 23.5 Å². The molecule has 1 aromatic carbocycles. The average molecular weight is 250 g/mol. The topological polar surface area (TPSA) is 38.9 Å². The number of rotatable bonds is 4. The van der Waals surface area contributed by atoms with Crippen LogP contribution in [0.1, 0.15) is 19.0 Å². The van der Waals surface area contributed by atoms with Crippen molar-refractivity contribution in [3.8, 4) is 10.6 Å². The van der Waals surface area contributed by atoms with Gasteiger partial charge >= 0.3 is 0 Å². The summed E-state index contributed by atoms with van der Waals surface area (Å²) in [6.45, 7) is 1.99. The van der Waals surface area contributed by atoms with Crippen molar-refractivity contribution in [2.75, 3.05) is 0 Å². The van der Waals surface area contributed by atoms with Crippen LogP contribution in [0.25, 0.3) is 10.6 Å². The van der Waals surface area contributed by atoms with E-state index in [-0.39, 0.29) is 11.9 Å². The predicted molar refractivity (Wildman–Crippen MR) is 69.5 cm³/mol. The second-order valence-corrected chi connectivity index (χ2v) is 5.02. The quantitative estimate of drug-likeness (QED) is 0.904. The lowest BCUT2D eigenvalue weighted by Gasteiger charge is -2.01. The first-order valence-electron chi connectivity index (χ1n) is 5.61. The van der Waals surface area contributed by atoms with Gasteiger partial charge in [-0.2, -0.15) is 0 Å². The van der Waals surface area contributed by atoms with Gasteiger partial charge in [0, 0.05) is 17.0 Å². The van der Waals surface area contributed by atoms with E-state index in [1.165, 1.54) is 12.1 Å². The monoisotopic (exact) mass is 250 g/mol. The van der Waals surface area contributed by atoms with Crippen molar-refractivity contribution in [1.29, 1.82) is 0 Å². The minimum Gasteiger partial charge on any atom is -0.328 e. The number of hydrogen-bond acceptors (Lipinski definition) is 3. The summed E-state index contributed by atoms with van der Waals surface area (Å²) in [5.74, 6) is -0.220. The number of aryl methyl sites for hydroxylation is 1. The van der Waals surface area contributed by atoms with Gasteiger partial charge in [0.25, 0.3) is 0 Å². The molecule has 0 bridgehead atoms. The molecule has 0 saturated carbocycles. The summed E-state index contributed by atoms with van der Waals surface area (Å²) < 4.78 is 12.8. The lowest BCUT2D eigenvalue weighted by Crippen LogP contribution is -2.15. The Morgan fingerprint density at radius 1 is 1.35 bits per heavy atom. The number of benzene rings is 1. The second-order valence-electron chi connectivity index (χ2n) is 4.17. The molecule has 0 saturated heterocycles. The Morgan fingerprint density at radius 2 is 2.06 bits per heavy atom. The molecule has 2 aromatic rings. The first-order valence-corrected chi connectivity index (χ1v) is 6.49. The molecule has 2 nitrogen and oxygen atoms in total. The van der Waals surface area contributed by atoms with E-state index >= 15 is 0 Å². The van der Waals surface area contributed by atoms with Gasteiger partial charge in [-0.15, -0.1) is 11.3 Å². The van der Waals surface area contributed by atoms with Gasteiger partial charge in [0.15, 0.2) is 0 Å². The first kappa shape index (κ1) is 12.2. The maximum Gasteiger partial charge on any atom is 0.123 e. The van der Waals surface area contributed by atoms with Crippen molar-refractivity contribution in [3.63, 3.8) is 0 Å². The van der Waals surface area contributed by atoms with Gasteiger partial charge in [0.2, 0.25) is 0 Å². The normalized spacial score (nSPS) is 12.6. The molecule has 0 amide bonds. The fourth-order valence-corrected chi connectivity index (χ4v) is 2.38. The first-order chi connectivity index (χ1) is 8.15. The van der Waals surface area contributed by atoms with Gasteiger partial charge in [-0.3, -0.25) is 0 Å². The summed E-state index contributed by atoms with van der Waals surface area (Å²) in [6.07, 6.45) is 1.84. The lowest BCUT2D eigenvalue weighted by molar-refractivity contribution is 0.628. The lowest BCUT2D eigenvalue weighted by atomic mass is 10.1. The van der Waals surface area contributed by atoms with E-state index in [1.807, 2.05) is 12.3 Å². The van der Waals surface area contributed by atoms with Crippen LogP contribution in [0.3, 0.4) is 0 Å². The van der Waals surface area contributed by atoms with Crippen LogP contribution in [0.5, 0.6) is 0 Å². The van der Waals surface area contributed by atoms with Crippen LogP contribution in [-0.4, -0.2) is 11.0 Å². The number of hydrogen-bond donors (Lipinski definition) is 1. The highest BCUT2D eigenvalue weighted by Gasteiger charge is 2.05. The maximum atomic E-state index is 12.8. The number of halogens is 1. The Labute approximate surface area is 104 Å². The Kier molecular flexibility index (Phi) is 3.86. The summed E-state index contributed by atoms with van der Waals surface area (Å²) >= 11 is 1.59. The van der Waals surface area contributed by atoms with E-state index in [2.05, 4.69) is 4.98 Å². The highest BCUT2D eigenvalue weighted by molar-refractivity contribution is 7.13. The molecule has 1 unspecified atom stereocenters. The smallest absolute Gasteiger partial charge is 0.123 e. The van der Waals surface area contributed by atoms with Crippen LogP contribution in [0.2, 0.25) is 0 Å². The zero-order valence-corrected chi connectivity index (χ0v) is 10.5. The highest BCUT2D eigenvalue weighted by Crippen LogP contribution is 2.24. The molecule has 1 heterocycles. The molecule has 17 heavy (non-hydrogen) atoms. The summed E-state index contributed by atoms with van der Waals surface area (Å²) in [7, 11) is 0. The molecule has 0 aliphatic heterocycles. The molecular weight excluding hydrogens is 235 g/mol. The van der Waals surface area contributed by atoms with Crippen molar-refractivity contribution in [3.05, 3.63) is 41.2 Å². The van der Waals surface area contributed by atoms with Crippen molar-refractivity contribution in [1.82, 2.24) is 4.98 Å². The maximum absolute atomic E-state index is 12.8. The van der Waals surface area contributed by atoms with Crippen molar-refractivity contribution >= 4 is 11.3 Å². The van der Waals surface area contributed by atoms with Crippen molar-refractivity contribution < 1.29 is 4.39 Å². The molecule has 0 aliphatic carbocycles. The number of nitrogens with two attached hydrogens (primary N) is 1. The molecule has 2 N–H and O–H groups in total. The van der Waals surface area contributed by atoms with Crippen LogP contribution in [0.4, 0.5) is 4.39 Å². The van der Waals surface area contributed by atoms with E-state index in [9.17, 15) is 4.39 Å². The molecular formula is C13H15FN2S. The molecule has 0 spiro atoms. The summed E-state index contributed by atoms with van der Waals surface area (Å²) in [6, 6.07) is 6.62. The van der Waals surface area contributed by atoms with Crippen molar-refractivity contribution in [2.45, 2.75) is 25.8 Å². The van der Waals surface area contributed by atoms with Crippen LogP contribution < -0.4 is 5.73 Å². The largest absolute Gasteiger partial charge is 0.328 e. The summed E-state index contributed by atoms with van der Waals surface area (Å²) in [5.41, 5.74) is 7.73. The van der Waals surface area contributed by atoms with Crippen LogP contribution >= 0.6 is 11.3 Å². The molecule has 2 rings (SSSR count). The summed E-state index contributed by atoms with van der Waals surface area (Å²) in [5, 5.41) is 2.98.